The number of amides is 2. The fraction of sp³-hybridized carbons (Fsp3) is 0.353. The molecule has 1 aromatic heterocycles. The van der Waals surface area contributed by atoms with Gasteiger partial charge >= 0.3 is 0 Å². The number of aromatic nitrogens is 1. The number of benzene rings is 1. The molecule has 0 radical (unpaired) electrons. The highest BCUT2D eigenvalue weighted by Crippen LogP contribution is 2.25. The van der Waals surface area contributed by atoms with Gasteiger partial charge in [-0.05, 0) is 38.5 Å². The summed E-state index contributed by atoms with van der Waals surface area (Å²) in [5.41, 5.74) is 12.4. The molecule has 0 aliphatic rings. The van der Waals surface area contributed by atoms with Crippen molar-refractivity contribution in [3.63, 3.8) is 0 Å². The molecule has 8 nitrogen and oxygen atoms in total. The molecule has 8 heteroatoms. The average molecular weight is 345 g/mol. The minimum atomic E-state index is -0.551. The molecule has 0 saturated heterocycles. The van der Waals surface area contributed by atoms with E-state index >= 15 is 0 Å². The van der Waals surface area contributed by atoms with E-state index in [1.165, 1.54) is 0 Å². The number of carbonyl (C=O) groups excluding carboxylic acids is 2. The molecule has 6 N–H and O–H groups in total. The first kappa shape index (κ1) is 18.3. The SMILES string of the molecule is Cc1cc(Nc2cc(NC(C)CC(C)C(N)=O)ccc2C(N)=O)no1. The van der Waals surface area contributed by atoms with E-state index in [1.54, 1.807) is 38.1 Å². The Kier molecular flexibility index (Phi) is 5.63. The molecular weight excluding hydrogens is 322 g/mol. The summed E-state index contributed by atoms with van der Waals surface area (Å²) < 4.78 is 5.01. The number of primary amides is 2. The van der Waals surface area contributed by atoms with E-state index < -0.39 is 5.91 Å². The van der Waals surface area contributed by atoms with Gasteiger partial charge in [-0.25, -0.2) is 0 Å². The van der Waals surface area contributed by atoms with E-state index in [1.807, 2.05) is 6.92 Å². The summed E-state index contributed by atoms with van der Waals surface area (Å²) in [5.74, 6) is 0.00765. The first-order chi connectivity index (χ1) is 11.8. The first-order valence-electron chi connectivity index (χ1n) is 7.96. The minimum Gasteiger partial charge on any atom is -0.383 e. The van der Waals surface area contributed by atoms with Crippen molar-refractivity contribution in [2.24, 2.45) is 17.4 Å². The molecule has 2 rings (SSSR count). The summed E-state index contributed by atoms with van der Waals surface area (Å²) >= 11 is 0. The predicted octanol–water partition coefficient (Wildman–Crippen LogP) is 2.14. The lowest BCUT2D eigenvalue weighted by Gasteiger charge is -2.19. The average Bonchev–Trinajstić information content (AvgIpc) is 2.92. The maximum Gasteiger partial charge on any atom is 0.250 e. The van der Waals surface area contributed by atoms with Gasteiger partial charge in [-0.2, -0.15) is 0 Å². The highest BCUT2D eigenvalue weighted by molar-refractivity contribution is 5.99. The number of nitrogens with zero attached hydrogens (tertiary/aromatic N) is 1. The van der Waals surface area contributed by atoms with Crippen LogP contribution in [-0.4, -0.2) is 23.0 Å². The Morgan fingerprint density at radius 1 is 1.24 bits per heavy atom. The van der Waals surface area contributed by atoms with Crippen LogP contribution in [0, 0.1) is 12.8 Å². The lowest BCUT2D eigenvalue weighted by atomic mass is 10.0. The molecule has 2 atom stereocenters. The molecule has 1 aromatic carbocycles. The van der Waals surface area contributed by atoms with Crippen LogP contribution in [0.1, 0.15) is 36.4 Å². The van der Waals surface area contributed by atoms with Gasteiger partial charge in [-0.15, -0.1) is 0 Å². The van der Waals surface area contributed by atoms with Crippen LogP contribution < -0.4 is 22.1 Å². The third-order valence-corrected chi connectivity index (χ3v) is 3.78. The second-order valence-electron chi connectivity index (χ2n) is 6.16. The van der Waals surface area contributed by atoms with Crippen molar-refractivity contribution in [1.82, 2.24) is 5.16 Å². The molecule has 0 aliphatic carbocycles. The van der Waals surface area contributed by atoms with Crippen LogP contribution in [0.15, 0.2) is 28.8 Å². The van der Waals surface area contributed by atoms with Gasteiger partial charge in [0, 0.05) is 23.7 Å². The van der Waals surface area contributed by atoms with Gasteiger partial charge in [-0.3, -0.25) is 9.59 Å². The van der Waals surface area contributed by atoms with Crippen LogP contribution in [0.5, 0.6) is 0 Å². The molecule has 0 aliphatic heterocycles. The van der Waals surface area contributed by atoms with Crippen molar-refractivity contribution >= 4 is 29.0 Å². The summed E-state index contributed by atoms with van der Waals surface area (Å²) in [6.45, 7) is 5.51. The summed E-state index contributed by atoms with van der Waals surface area (Å²) in [5, 5.41) is 10.2. The van der Waals surface area contributed by atoms with E-state index in [0.29, 0.717) is 29.2 Å². The Hall–Kier alpha value is -3.03. The summed E-state index contributed by atoms with van der Waals surface area (Å²) in [7, 11) is 0. The quantitative estimate of drug-likeness (QED) is 0.578. The van der Waals surface area contributed by atoms with E-state index in [-0.39, 0.29) is 17.9 Å². The third-order valence-electron chi connectivity index (χ3n) is 3.78. The second-order valence-corrected chi connectivity index (χ2v) is 6.16. The Labute approximate surface area is 145 Å². The van der Waals surface area contributed by atoms with Crippen LogP contribution in [0.25, 0.3) is 0 Å². The number of aryl methyl sites for hydroxylation is 1. The Balaban J connectivity index is 2.18. The first-order valence-corrected chi connectivity index (χ1v) is 7.96. The zero-order valence-electron chi connectivity index (χ0n) is 14.5. The van der Waals surface area contributed by atoms with Crippen LogP contribution in [0.4, 0.5) is 17.2 Å². The summed E-state index contributed by atoms with van der Waals surface area (Å²) in [6.07, 6.45) is 0.595. The maximum absolute atomic E-state index is 11.6. The van der Waals surface area contributed by atoms with Crippen molar-refractivity contribution in [2.45, 2.75) is 33.2 Å². The van der Waals surface area contributed by atoms with Crippen molar-refractivity contribution in [3.05, 3.63) is 35.6 Å². The number of rotatable bonds is 8. The van der Waals surface area contributed by atoms with Crippen molar-refractivity contribution in [1.29, 1.82) is 0 Å². The molecule has 0 bridgehead atoms. The van der Waals surface area contributed by atoms with Gasteiger partial charge in [0.1, 0.15) is 5.76 Å². The molecule has 1 heterocycles. The summed E-state index contributed by atoms with van der Waals surface area (Å²) in [4.78, 5) is 22.8. The molecule has 2 aromatic rings. The van der Waals surface area contributed by atoms with E-state index in [0.717, 1.165) is 5.69 Å². The monoisotopic (exact) mass is 345 g/mol. The van der Waals surface area contributed by atoms with Gasteiger partial charge < -0.3 is 26.6 Å². The van der Waals surface area contributed by atoms with Crippen LogP contribution in [0.3, 0.4) is 0 Å². The topological polar surface area (TPSA) is 136 Å². The number of hydrogen-bond donors (Lipinski definition) is 4. The molecule has 0 spiro atoms. The maximum atomic E-state index is 11.6. The molecule has 2 unspecified atom stereocenters. The van der Waals surface area contributed by atoms with Crippen molar-refractivity contribution in [3.8, 4) is 0 Å². The van der Waals surface area contributed by atoms with Gasteiger partial charge in [0.05, 0.1) is 11.3 Å². The van der Waals surface area contributed by atoms with Gasteiger partial charge in [-0.1, -0.05) is 12.1 Å². The highest BCUT2D eigenvalue weighted by atomic mass is 16.5. The van der Waals surface area contributed by atoms with Gasteiger partial charge in [0.2, 0.25) is 5.91 Å². The van der Waals surface area contributed by atoms with Crippen molar-refractivity contribution in [2.75, 3.05) is 10.6 Å². The highest BCUT2D eigenvalue weighted by Gasteiger charge is 2.15. The number of carbonyl (C=O) groups is 2. The van der Waals surface area contributed by atoms with E-state index in [9.17, 15) is 9.59 Å². The predicted molar refractivity (Wildman–Crippen MR) is 95.5 cm³/mol. The number of hydrogen-bond acceptors (Lipinski definition) is 6. The van der Waals surface area contributed by atoms with E-state index in [2.05, 4.69) is 15.8 Å². The molecule has 134 valence electrons. The van der Waals surface area contributed by atoms with Gasteiger partial charge in [0.25, 0.3) is 5.91 Å². The fourth-order valence-corrected chi connectivity index (χ4v) is 2.51. The smallest absolute Gasteiger partial charge is 0.250 e. The number of anilines is 3. The number of nitrogens with one attached hydrogen (secondary N) is 2. The molecule has 25 heavy (non-hydrogen) atoms. The zero-order valence-corrected chi connectivity index (χ0v) is 14.5. The second kappa shape index (κ2) is 7.69. The standard InChI is InChI=1S/C17H23N5O3/c1-9(16(18)23)6-10(2)20-12-4-5-13(17(19)24)14(8-12)21-15-7-11(3)25-22-15/h4-5,7-10,20H,6H2,1-3H3,(H2,18,23)(H2,19,24)(H,21,22). The molecule has 0 fully saturated rings. The molecule has 2 amide bonds. The molecular formula is C17H23N5O3. The Morgan fingerprint density at radius 2 is 1.96 bits per heavy atom. The van der Waals surface area contributed by atoms with E-state index in [4.69, 9.17) is 16.0 Å². The Morgan fingerprint density at radius 3 is 2.52 bits per heavy atom. The third kappa shape index (κ3) is 4.97. The normalized spacial score (nSPS) is 13.1. The lowest BCUT2D eigenvalue weighted by Crippen LogP contribution is -2.27. The largest absolute Gasteiger partial charge is 0.383 e. The Bertz CT molecular complexity index is 771. The van der Waals surface area contributed by atoms with Crippen LogP contribution in [0.2, 0.25) is 0 Å². The summed E-state index contributed by atoms with van der Waals surface area (Å²) in [6, 6.07) is 6.87. The van der Waals surface area contributed by atoms with Crippen molar-refractivity contribution < 1.29 is 14.1 Å². The fourth-order valence-electron chi connectivity index (χ4n) is 2.51. The van der Waals surface area contributed by atoms with Gasteiger partial charge in [0.15, 0.2) is 5.82 Å². The van der Waals surface area contributed by atoms with Crippen LogP contribution in [-0.2, 0) is 4.79 Å². The zero-order chi connectivity index (χ0) is 18.6. The lowest BCUT2D eigenvalue weighted by molar-refractivity contribution is -0.121. The van der Waals surface area contributed by atoms with Crippen LogP contribution >= 0.6 is 0 Å². The minimum absolute atomic E-state index is 0.0177. The number of nitrogens with two attached hydrogens (primary N) is 2. The molecule has 0 saturated carbocycles.